The number of hydrogen-bond acceptors (Lipinski definition) is 5. The third-order valence-corrected chi connectivity index (χ3v) is 4.12. The molecule has 0 bridgehead atoms. The maximum atomic E-state index is 10.3. The van der Waals surface area contributed by atoms with E-state index in [0.717, 1.165) is 5.82 Å². The van der Waals surface area contributed by atoms with Crippen LogP contribution in [0.5, 0.6) is 0 Å². The average molecular weight is 380 g/mol. The molecule has 2 aromatic heterocycles. The van der Waals surface area contributed by atoms with E-state index in [0.29, 0.717) is 27.1 Å². The van der Waals surface area contributed by atoms with Crippen LogP contribution in [0.2, 0.25) is 10.0 Å². The van der Waals surface area contributed by atoms with E-state index in [2.05, 4.69) is 41.4 Å². The van der Waals surface area contributed by atoms with Gasteiger partial charge in [-0.25, -0.2) is 0 Å². The highest BCUT2D eigenvalue weighted by Crippen LogP contribution is 2.24. The number of nitrogens with one attached hydrogen (secondary N) is 1. The number of halogens is 2. The molecule has 6 nitrogen and oxygen atoms in total. The fourth-order valence-electron chi connectivity index (χ4n) is 2.44. The normalized spacial score (nSPS) is 13.2. The Kier molecular flexibility index (Phi) is 4.86. The van der Waals surface area contributed by atoms with Gasteiger partial charge >= 0.3 is 0 Å². The molecule has 1 aromatic carbocycles. The van der Waals surface area contributed by atoms with Crippen LogP contribution in [0.15, 0.2) is 30.3 Å². The molecule has 8 heteroatoms. The monoisotopic (exact) mass is 379 g/mol. The Labute approximate surface area is 155 Å². The molecular formula is C17H19Cl2N5O. The fraction of sp³-hybridized carbons (Fsp3) is 0.353. The molecule has 2 N–H and O–H groups in total. The summed E-state index contributed by atoms with van der Waals surface area (Å²) in [6.45, 7) is 6.43. The van der Waals surface area contributed by atoms with Crippen LogP contribution < -0.4 is 5.32 Å². The number of aliphatic hydroxyl groups is 1. The molecule has 2 heterocycles. The van der Waals surface area contributed by atoms with Crippen LogP contribution in [-0.2, 0) is 5.41 Å². The van der Waals surface area contributed by atoms with Crippen molar-refractivity contribution in [3.63, 3.8) is 0 Å². The molecule has 0 spiro atoms. The summed E-state index contributed by atoms with van der Waals surface area (Å²) in [5, 5.41) is 27.3. The van der Waals surface area contributed by atoms with E-state index in [1.54, 1.807) is 28.8 Å². The van der Waals surface area contributed by atoms with Crippen molar-refractivity contribution in [2.45, 2.75) is 32.3 Å². The van der Waals surface area contributed by atoms with Crippen LogP contribution >= 0.6 is 23.2 Å². The number of fused-ring (bicyclic) bond motifs is 1. The van der Waals surface area contributed by atoms with Crippen molar-refractivity contribution < 1.29 is 5.11 Å². The van der Waals surface area contributed by atoms with Gasteiger partial charge in [0.2, 0.25) is 0 Å². The van der Waals surface area contributed by atoms with Gasteiger partial charge in [-0.15, -0.1) is 15.3 Å². The Bertz CT molecular complexity index is 883. The lowest BCUT2D eigenvalue weighted by atomic mass is 9.96. The molecule has 3 rings (SSSR count). The number of aromatic nitrogens is 4. The fourth-order valence-corrected chi connectivity index (χ4v) is 2.98. The summed E-state index contributed by atoms with van der Waals surface area (Å²) in [6, 6.07) is 8.64. The van der Waals surface area contributed by atoms with Crippen molar-refractivity contribution in [3.05, 3.63) is 51.8 Å². The first-order chi connectivity index (χ1) is 11.7. The minimum Gasteiger partial charge on any atom is -0.387 e. The molecule has 1 atom stereocenters. The molecule has 0 saturated heterocycles. The first-order valence-corrected chi connectivity index (χ1v) is 8.60. The predicted octanol–water partition coefficient (Wildman–Crippen LogP) is 3.87. The Morgan fingerprint density at radius 1 is 1.12 bits per heavy atom. The predicted molar refractivity (Wildman–Crippen MR) is 99.4 cm³/mol. The van der Waals surface area contributed by atoms with Crippen LogP contribution in [0.3, 0.4) is 0 Å². The van der Waals surface area contributed by atoms with Crippen molar-refractivity contribution in [2.75, 3.05) is 11.9 Å². The molecule has 0 aliphatic heterocycles. The van der Waals surface area contributed by atoms with Gasteiger partial charge in [-0.3, -0.25) is 0 Å². The zero-order valence-corrected chi connectivity index (χ0v) is 15.7. The van der Waals surface area contributed by atoms with Gasteiger partial charge in [-0.1, -0.05) is 44.0 Å². The topological polar surface area (TPSA) is 75.3 Å². The lowest BCUT2D eigenvalue weighted by Gasteiger charge is -2.16. The summed E-state index contributed by atoms with van der Waals surface area (Å²) >= 11 is 12.0. The maximum absolute atomic E-state index is 10.3. The first kappa shape index (κ1) is 17.9. The van der Waals surface area contributed by atoms with Crippen LogP contribution in [0.1, 0.15) is 38.3 Å². The summed E-state index contributed by atoms with van der Waals surface area (Å²) < 4.78 is 1.71. The Hall–Kier alpha value is -1.89. The standard InChI is InChI=1S/C17H19Cl2N5O/c1-17(2,3)16-22-21-15-5-4-14(23-24(15)16)20-9-13(25)10-6-11(18)8-12(19)7-10/h4-8,13,25H,9H2,1-3H3,(H,20,23). The number of nitrogens with zero attached hydrogens (tertiary/aromatic N) is 4. The van der Waals surface area contributed by atoms with E-state index < -0.39 is 6.10 Å². The Balaban J connectivity index is 1.79. The molecule has 0 amide bonds. The van der Waals surface area contributed by atoms with E-state index in [1.165, 1.54) is 0 Å². The highest BCUT2D eigenvalue weighted by atomic mass is 35.5. The lowest BCUT2D eigenvalue weighted by Crippen LogP contribution is -2.18. The Morgan fingerprint density at radius 2 is 1.80 bits per heavy atom. The van der Waals surface area contributed by atoms with Gasteiger partial charge in [0, 0.05) is 22.0 Å². The molecule has 3 aromatic rings. The minimum absolute atomic E-state index is 0.178. The minimum atomic E-state index is -0.767. The molecule has 0 radical (unpaired) electrons. The molecule has 1 unspecified atom stereocenters. The zero-order valence-electron chi connectivity index (χ0n) is 14.2. The second-order valence-electron chi connectivity index (χ2n) is 6.86. The number of anilines is 1. The smallest absolute Gasteiger partial charge is 0.178 e. The van der Waals surface area contributed by atoms with E-state index in [9.17, 15) is 5.11 Å². The van der Waals surface area contributed by atoms with Crippen LogP contribution in [0, 0.1) is 0 Å². The van der Waals surface area contributed by atoms with Gasteiger partial charge in [0.15, 0.2) is 11.5 Å². The van der Waals surface area contributed by atoms with Gasteiger partial charge in [0.1, 0.15) is 5.82 Å². The molecule has 132 valence electrons. The summed E-state index contributed by atoms with van der Waals surface area (Å²) in [7, 11) is 0. The van der Waals surface area contributed by atoms with Crippen LogP contribution in [0.25, 0.3) is 5.65 Å². The van der Waals surface area contributed by atoms with E-state index in [1.807, 2.05) is 6.07 Å². The molecular weight excluding hydrogens is 361 g/mol. The van der Waals surface area contributed by atoms with Crippen molar-refractivity contribution in [1.29, 1.82) is 0 Å². The summed E-state index contributed by atoms with van der Waals surface area (Å²) in [5.41, 5.74) is 1.14. The van der Waals surface area contributed by atoms with Gasteiger partial charge in [0.25, 0.3) is 0 Å². The average Bonchev–Trinajstić information content (AvgIpc) is 2.94. The van der Waals surface area contributed by atoms with Gasteiger partial charge in [0.05, 0.1) is 6.10 Å². The highest BCUT2D eigenvalue weighted by Gasteiger charge is 2.22. The lowest BCUT2D eigenvalue weighted by molar-refractivity contribution is 0.191. The molecule has 0 saturated carbocycles. The second kappa shape index (κ2) is 6.78. The third kappa shape index (κ3) is 4.03. The number of hydrogen-bond donors (Lipinski definition) is 2. The number of aliphatic hydroxyl groups excluding tert-OH is 1. The van der Waals surface area contributed by atoms with Crippen molar-refractivity contribution >= 4 is 34.7 Å². The Morgan fingerprint density at radius 3 is 2.44 bits per heavy atom. The van der Waals surface area contributed by atoms with E-state index in [4.69, 9.17) is 23.2 Å². The zero-order chi connectivity index (χ0) is 18.2. The third-order valence-electron chi connectivity index (χ3n) is 3.68. The first-order valence-electron chi connectivity index (χ1n) is 7.85. The van der Waals surface area contributed by atoms with Crippen molar-refractivity contribution in [2.24, 2.45) is 0 Å². The largest absolute Gasteiger partial charge is 0.387 e. The highest BCUT2D eigenvalue weighted by molar-refractivity contribution is 6.34. The van der Waals surface area contributed by atoms with Gasteiger partial charge in [-0.05, 0) is 35.9 Å². The number of benzene rings is 1. The molecule has 25 heavy (non-hydrogen) atoms. The molecule has 0 fully saturated rings. The molecule has 0 aliphatic carbocycles. The maximum Gasteiger partial charge on any atom is 0.178 e. The van der Waals surface area contributed by atoms with Crippen molar-refractivity contribution in [3.8, 4) is 0 Å². The second-order valence-corrected chi connectivity index (χ2v) is 7.73. The van der Waals surface area contributed by atoms with Gasteiger partial charge < -0.3 is 10.4 Å². The van der Waals surface area contributed by atoms with Crippen LogP contribution in [-0.4, -0.2) is 31.5 Å². The quantitative estimate of drug-likeness (QED) is 0.719. The van der Waals surface area contributed by atoms with Crippen molar-refractivity contribution in [1.82, 2.24) is 19.8 Å². The van der Waals surface area contributed by atoms with Gasteiger partial charge in [-0.2, -0.15) is 4.52 Å². The molecule has 0 aliphatic rings. The summed E-state index contributed by atoms with van der Waals surface area (Å²) in [4.78, 5) is 0. The van der Waals surface area contributed by atoms with E-state index in [-0.39, 0.29) is 12.0 Å². The number of rotatable bonds is 4. The van der Waals surface area contributed by atoms with E-state index >= 15 is 0 Å². The SMILES string of the molecule is CC(C)(C)c1nnc2ccc(NCC(O)c3cc(Cl)cc(Cl)c3)nn12. The summed E-state index contributed by atoms with van der Waals surface area (Å²) in [5.74, 6) is 1.39. The summed E-state index contributed by atoms with van der Waals surface area (Å²) in [6.07, 6.45) is -0.767. The van der Waals surface area contributed by atoms with Crippen LogP contribution in [0.4, 0.5) is 5.82 Å².